The Morgan fingerprint density at radius 3 is 2.35 bits per heavy atom. The zero-order valence-electron chi connectivity index (χ0n) is 16.6. The third kappa shape index (κ3) is 3.41. The van der Waals surface area contributed by atoms with Gasteiger partial charge in [0.1, 0.15) is 11.3 Å². The molecule has 0 aromatic rings. The van der Waals surface area contributed by atoms with Gasteiger partial charge in [-0.1, -0.05) is 39.3 Å². The smallest absolute Gasteiger partial charge is 0.194 e. The summed E-state index contributed by atoms with van der Waals surface area (Å²) in [7, 11) is 0. The van der Waals surface area contributed by atoms with E-state index in [4.69, 9.17) is 4.74 Å². The van der Waals surface area contributed by atoms with Crippen LogP contribution in [0.5, 0.6) is 0 Å². The van der Waals surface area contributed by atoms with Crippen molar-refractivity contribution in [2.24, 2.45) is 17.8 Å². The average Bonchev–Trinajstić information content (AvgIpc) is 2.94. The van der Waals surface area contributed by atoms with Gasteiger partial charge in [-0.05, 0) is 32.1 Å². The summed E-state index contributed by atoms with van der Waals surface area (Å²) in [6.07, 6.45) is 2.04. The summed E-state index contributed by atoms with van der Waals surface area (Å²) in [6.45, 7) is 11.4. The maximum absolute atomic E-state index is 13.0. The van der Waals surface area contributed by atoms with Crippen molar-refractivity contribution in [1.82, 2.24) is 0 Å². The first-order chi connectivity index (χ1) is 12.0. The molecule has 2 aliphatic rings. The molecular weight excluding hydrogens is 332 g/mol. The summed E-state index contributed by atoms with van der Waals surface area (Å²) < 4.78 is 6.04. The summed E-state index contributed by atoms with van der Waals surface area (Å²) in [5.74, 6) is -2.41. The van der Waals surface area contributed by atoms with Gasteiger partial charge in [-0.25, -0.2) is 0 Å². The third-order valence-electron chi connectivity index (χ3n) is 5.16. The summed E-state index contributed by atoms with van der Waals surface area (Å²) in [5, 5.41) is 10.9. The molecule has 0 aromatic heterocycles. The molecule has 0 bridgehead atoms. The van der Waals surface area contributed by atoms with E-state index in [1.807, 2.05) is 47.6 Å². The highest BCUT2D eigenvalue weighted by Crippen LogP contribution is 2.49. The Bertz CT molecular complexity index is 679. The normalized spacial score (nSPS) is 28.8. The number of carbonyl (C=O) groups is 3. The number of hydrogen-bond donors (Lipinski definition) is 1. The Morgan fingerprint density at radius 2 is 1.88 bits per heavy atom. The molecule has 5 nitrogen and oxygen atoms in total. The van der Waals surface area contributed by atoms with Crippen LogP contribution in [0.3, 0.4) is 0 Å². The fourth-order valence-electron chi connectivity index (χ4n) is 3.71. The quantitative estimate of drug-likeness (QED) is 0.575. The second-order valence-electron chi connectivity index (χ2n) is 8.44. The second-order valence-corrected chi connectivity index (χ2v) is 8.44. The first kappa shape index (κ1) is 20.6. The lowest BCUT2D eigenvalue weighted by molar-refractivity contribution is -0.144. The fourth-order valence-corrected chi connectivity index (χ4v) is 3.71. The van der Waals surface area contributed by atoms with Gasteiger partial charge in [0.2, 0.25) is 0 Å². The van der Waals surface area contributed by atoms with Gasteiger partial charge in [0.05, 0.1) is 12.0 Å². The Balaban J connectivity index is 2.53. The van der Waals surface area contributed by atoms with Crippen LogP contribution >= 0.6 is 0 Å². The first-order valence-electron chi connectivity index (χ1n) is 9.37. The van der Waals surface area contributed by atoms with E-state index in [1.54, 1.807) is 0 Å². The van der Waals surface area contributed by atoms with E-state index in [1.165, 1.54) is 0 Å². The lowest BCUT2D eigenvalue weighted by Gasteiger charge is -2.29. The number of allylic oxidation sites excluding steroid dienone is 3. The highest BCUT2D eigenvalue weighted by Gasteiger charge is 2.64. The Labute approximate surface area is 155 Å². The van der Waals surface area contributed by atoms with Crippen LogP contribution in [0.4, 0.5) is 0 Å². The Kier molecular flexibility index (Phi) is 5.91. The predicted octanol–water partition coefficient (Wildman–Crippen LogP) is 3.72. The van der Waals surface area contributed by atoms with Crippen LogP contribution in [0, 0.1) is 17.8 Å². The monoisotopic (exact) mass is 362 g/mol. The van der Waals surface area contributed by atoms with Crippen molar-refractivity contribution in [3.8, 4) is 0 Å². The molecule has 1 N–H and O–H groups in total. The molecule has 1 spiro atoms. The van der Waals surface area contributed by atoms with Crippen LogP contribution in [-0.4, -0.2) is 34.2 Å². The first-order valence-corrected chi connectivity index (χ1v) is 9.37. The number of hydrogen-bond acceptors (Lipinski definition) is 5. The van der Waals surface area contributed by atoms with Gasteiger partial charge in [-0.3, -0.25) is 14.4 Å². The van der Waals surface area contributed by atoms with E-state index < -0.39 is 28.8 Å². The van der Waals surface area contributed by atoms with Crippen molar-refractivity contribution in [2.75, 3.05) is 0 Å². The van der Waals surface area contributed by atoms with Gasteiger partial charge in [0, 0.05) is 12.8 Å². The number of rotatable bonds is 6. The zero-order chi connectivity index (χ0) is 19.8. The lowest BCUT2D eigenvalue weighted by Crippen LogP contribution is -2.45. The van der Waals surface area contributed by atoms with Crippen LogP contribution in [0.25, 0.3) is 0 Å². The number of ether oxygens (including phenoxy) is 1. The van der Waals surface area contributed by atoms with Crippen molar-refractivity contribution in [1.29, 1.82) is 0 Å². The standard InChI is InChI=1S/C21H30O5/c1-11(2)7-8-14-19(24)18(15(22)9-12(3)4)20(25)21(14)17(23)10-16(26-21)13(5)6/h7,12-14,16,25H,8-10H2,1-6H3. The van der Waals surface area contributed by atoms with E-state index >= 15 is 0 Å². The molecule has 0 aromatic carbocycles. The molecule has 2 rings (SSSR count). The minimum absolute atomic E-state index is 0.0481. The second kappa shape index (κ2) is 7.47. The minimum Gasteiger partial charge on any atom is -0.508 e. The molecule has 1 saturated heterocycles. The molecule has 1 heterocycles. The molecule has 1 aliphatic carbocycles. The number of aliphatic hydroxyl groups is 1. The van der Waals surface area contributed by atoms with E-state index in [0.717, 1.165) is 5.57 Å². The van der Waals surface area contributed by atoms with Gasteiger partial charge in [-0.15, -0.1) is 0 Å². The van der Waals surface area contributed by atoms with Crippen molar-refractivity contribution in [3.63, 3.8) is 0 Å². The fraction of sp³-hybridized carbons (Fsp3) is 0.667. The Morgan fingerprint density at radius 1 is 1.27 bits per heavy atom. The molecule has 0 saturated carbocycles. The maximum atomic E-state index is 13.0. The van der Waals surface area contributed by atoms with Crippen molar-refractivity contribution in [2.45, 2.75) is 72.5 Å². The van der Waals surface area contributed by atoms with E-state index in [-0.39, 0.29) is 48.6 Å². The van der Waals surface area contributed by atoms with Crippen molar-refractivity contribution >= 4 is 17.3 Å². The number of Topliss-reactive ketones (excluding diaryl/α,β-unsaturated/α-hetero) is 3. The number of carbonyl (C=O) groups excluding carboxylic acids is 3. The van der Waals surface area contributed by atoms with Gasteiger partial charge in [0.15, 0.2) is 23.0 Å². The molecule has 0 amide bonds. The summed E-state index contributed by atoms with van der Waals surface area (Å²) in [4.78, 5) is 38.5. The zero-order valence-corrected chi connectivity index (χ0v) is 16.6. The van der Waals surface area contributed by atoms with Crippen LogP contribution in [0.1, 0.15) is 60.8 Å². The van der Waals surface area contributed by atoms with E-state index in [2.05, 4.69) is 0 Å². The van der Waals surface area contributed by atoms with Crippen LogP contribution in [0.2, 0.25) is 0 Å². The average molecular weight is 362 g/mol. The molecule has 3 atom stereocenters. The molecule has 26 heavy (non-hydrogen) atoms. The summed E-state index contributed by atoms with van der Waals surface area (Å²) in [5.41, 5.74) is -0.927. The maximum Gasteiger partial charge on any atom is 0.194 e. The van der Waals surface area contributed by atoms with Gasteiger partial charge in [-0.2, -0.15) is 0 Å². The van der Waals surface area contributed by atoms with Gasteiger partial charge in [0.25, 0.3) is 0 Å². The molecule has 5 heteroatoms. The highest BCUT2D eigenvalue weighted by atomic mass is 16.5. The van der Waals surface area contributed by atoms with E-state index in [0.29, 0.717) is 0 Å². The third-order valence-corrected chi connectivity index (χ3v) is 5.16. The predicted molar refractivity (Wildman–Crippen MR) is 98.7 cm³/mol. The topological polar surface area (TPSA) is 80.7 Å². The molecule has 1 aliphatic heterocycles. The van der Waals surface area contributed by atoms with Crippen molar-refractivity contribution < 1.29 is 24.2 Å². The Hall–Kier alpha value is -1.75. The summed E-state index contributed by atoms with van der Waals surface area (Å²) >= 11 is 0. The van der Waals surface area contributed by atoms with Crippen LogP contribution in [-0.2, 0) is 19.1 Å². The van der Waals surface area contributed by atoms with Crippen molar-refractivity contribution in [3.05, 3.63) is 23.0 Å². The SMILES string of the molecule is CC(C)=CCC1C(=O)C(C(=O)CC(C)C)=C(O)C12OC(C(C)C)CC2=O. The lowest BCUT2D eigenvalue weighted by atomic mass is 9.82. The molecule has 3 unspecified atom stereocenters. The summed E-state index contributed by atoms with van der Waals surface area (Å²) in [6, 6.07) is 0. The van der Waals surface area contributed by atoms with Crippen LogP contribution < -0.4 is 0 Å². The molecule has 0 radical (unpaired) electrons. The minimum atomic E-state index is -1.69. The number of aliphatic hydroxyl groups excluding tert-OH is 1. The van der Waals surface area contributed by atoms with Crippen LogP contribution in [0.15, 0.2) is 23.0 Å². The van der Waals surface area contributed by atoms with Gasteiger partial charge < -0.3 is 9.84 Å². The van der Waals surface area contributed by atoms with Gasteiger partial charge >= 0.3 is 0 Å². The molecular formula is C21H30O5. The van der Waals surface area contributed by atoms with E-state index in [9.17, 15) is 19.5 Å². The number of ketones is 3. The highest BCUT2D eigenvalue weighted by molar-refractivity contribution is 6.26. The molecule has 1 fully saturated rings. The molecule has 144 valence electrons. The largest absolute Gasteiger partial charge is 0.508 e.